The van der Waals surface area contributed by atoms with Crippen LogP contribution in [0.4, 0.5) is 14.5 Å². The largest absolute Gasteiger partial charge is 0.334 e. The molecule has 2 amide bonds. The second-order valence-corrected chi connectivity index (χ2v) is 7.34. The monoisotopic (exact) mass is 401 g/mol. The predicted octanol–water partition coefficient (Wildman–Crippen LogP) is 3.69. The zero-order valence-corrected chi connectivity index (χ0v) is 16.2. The highest BCUT2D eigenvalue weighted by molar-refractivity contribution is 5.94. The molecular formula is C22H25F2N3O2. The fourth-order valence-electron chi connectivity index (χ4n) is 3.22. The fourth-order valence-corrected chi connectivity index (χ4v) is 3.22. The van der Waals surface area contributed by atoms with E-state index in [1.807, 2.05) is 12.1 Å². The van der Waals surface area contributed by atoms with E-state index < -0.39 is 17.5 Å². The van der Waals surface area contributed by atoms with Crippen molar-refractivity contribution in [3.05, 3.63) is 65.2 Å². The summed E-state index contributed by atoms with van der Waals surface area (Å²) in [5.41, 5.74) is 7.08. The van der Waals surface area contributed by atoms with E-state index in [-0.39, 0.29) is 23.9 Å². The smallest absolute Gasteiger partial charge is 0.254 e. The SMILES string of the molecule is NCCCN(Cc1ccc(NC(=O)C2CCC2)cc1)C(=O)c1cc(F)cc(F)c1. The van der Waals surface area contributed by atoms with Gasteiger partial charge >= 0.3 is 0 Å². The lowest BCUT2D eigenvalue weighted by Gasteiger charge is -2.24. The average molecular weight is 401 g/mol. The van der Waals surface area contributed by atoms with Crippen molar-refractivity contribution >= 4 is 17.5 Å². The number of halogens is 2. The van der Waals surface area contributed by atoms with Gasteiger partial charge < -0.3 is 16.0 Å². The number of hydrogen-bond donors (Lipinski definition) is 2. The molecule has 0 aromatic heterocycles. The lowest BCUT2D eigenvalue weighted by Crippen LogP contribution is -2.32. The van der Waals surface area contributed by atoms with E-state index in [1.165, 1.54) is 4.90 Å². The van der Waals surface area contributed by atoms with Crippen molar-refractivity contribution in [2.45, 2.75) is 32.2 Å². The first-order chi connectivity index (χ1) is 14.0. The Balaban J connectivity index is 1.68. The molecule has 0 saturated heterocycles. The third-order valence-electron chi connectivity index (χ3n) is 5.10. The summed E-state index contributed by atoms with van der Waals surface area (Å²) in [7, 11) is 0. The molecule has 0 heterocycles. The molecule has 0 bridgehead atoms. The Morgan fingerprint density at radius 3 is 2.28 bits per heavy atom. The van der Waals surface area contributed by atoms with E-state index in [1.54, 1.807) is 12.1 Å². The third-order valence-corrected chi connectivity index (χ3v) is 5.10. The molecular weight excluding hydrogens is 376 g/mol. The highest BCUT2D eigenvalue weighted by Crippen LogP contribution is 2.27. The number of rotatable bonds is 8. The summed E-state index contributed by atoms with van der Waals surface area (Å²) in [4.78, 5) is 26.3. The van der Waals surface area contributed by atoms with Gasteiger partial charge in [0.15, 0.2) is 0 Å². The minimum absolute atomic E-state index is 0.0381. The normalized spacial score (nSPS) is 13.6. The molecule has 1 aliphatic rings. The van der Waals surface area contributed by atoms with Crippen molar-refractivity contribution < 1.29 is 18.4 Å². The first-order valence-corrected chi connectivity index (χ1v) is 9.81. The highest BCUT2D eigenvalue weighted by atomic mass is 19.1. The first-order valence-electron chi connectivity index (χ1n) is 9.81. The second-order valence-electron chi connectivity index (χ2n) is 7.34. The Morgan fingerprint density at radius 2 is 1.72 bits per heavy atom. The molecule has 2 aromatic carbocycles. The van der Waals surface area contributed by atoms with Gasteiger partial charge in [-0.05, 0) is 55.6 Å². The number of carbonyl (C=O) groups is 2. The van der Waals surface area contributed by atoms with E-state index in [2.05, 4.69) is 5.32 Å². The van der Waals surface area contributed by atoms with Crippen LogP contribution in [0.25, 0.3) is 0 Å². The number of anilines is 1. The molecule has 3 rings (SSSR count). The summed E-state index contributed by atoms with van der Waals surface area (Å²) in [6.45, 7) is 1.04. The second kappa shape index (κ2) is 9.60. The van der Waals surface area contributed by atoms with Crippen molar-refractivity contribution in [2.24, 2.45) is 11.7 Å². The summed E-state index contributed by atoms with van der Waals surface area (Å²) < 4.78 is 27.0. The molecule has 2 aromatic rings. The molecule has 0 atom stereocenters. The molecule has 5 nitrogen and oxygen atoms in total. The van der Waals surface area contributed by atoms with Gasteiger partial charge in [-0.2, -0.15) is 0 Å². The third kappa shape index (κ3) is 5.60. The number of amides is 2. The van der Waals surface area contributed by atoms with Gasteiger partial charge in [0, 0.05) is 36.3 Å². The lowest BCUT2D eigenvalue weighted by atomic mass is 9.85. The molecule has 7 heteroatoms. The van der Waals surface area contributed by atoms with Gasteiger partial charge in [-0.3, -0.25) is 9.59 Å². The zero-order valence-electron chi connectivity index (χ0n) is 16.2. The minimum Gasteiger partial charge on any atom is -0.334 e. The fraction of sp³-hybridized carbons (Fsp3) is 0.364. The summed E-state index contributed by atoms with van der Waals surface area (Å²) in [6.07, 6.45) is 3.53. The molecule has 154 valence electrons. The van der Waals surface area contributed by atoms with Crippen LogP contribution >= 0.6 is 0 Å². The molecule has 0 spiro atoms. The Morgan fingerprint density at radius 1 is 1.07 bits per heavy atom. The molecule has 29 heavy (non-hydrogen) atoms. The summed E-state index contributed by atoms with van der Waals surface area (Å²) in [5.74, 6) is -1.90. The van der Waals surface area contributed by atoms with Gasteiger partial charge in [0.25, 0.3) is 5.91 Å². The van der Waals surface area contributed by atoms with E-state index in [4.69, 9.17) is 5.73 Å². The Labute approximate surface area is 168 Å². The Bertz CT molecular complexity index is 847. The van der Waals surface area contributed by atoms with Crippen LogP contribution in [-0.4, -0.2) is 29.8 Å². The van der Waals surface area contributed by atoms with Crippen molar-refractivity contribution in [2.75, 3.05) is 18.4 Å². The van der Waals surface area contributed by atoms with Gasteiger partial charge in [0.05, 0.1) is 0 Å². The molecule has 0 aliphatic heterocycles. The molecule has 1 aliphatic carbocycles. The van der Waals surface area contributed by atoms with Crippen LogP contribution in [0.2, 0.25) is 0 Å². The topological polar surface area (TPSA) is 75.4 Å². The first kappa shape index (κ1) is 20.9. The number of nitrogens with zero attached hydrogens (tertiary/aromatic N) is 1. The molecule has 0 unspecified atom stereocenters. The van der Waals surface area contributed by atoms with Gasteiger partial charge in [-0.25, -0.2) is 8.78 Å². The van der Waals surface area contributed by atoms with Crippen LogP contribution in [0.15, 0.2) is 42.5 Å². The van der Waals surface area contributed by atoms with Crippen LogP contribution < -0.4 is 11.1 Å². The summed E-state index contributed by atoms with van der Waals surface area (Å²) in [6, 6.07) is 10.0. The maximum atomic E-state index is 13.5. The van der Waals surface area contributed by atoms with Crippen molar-refractivity contribution in [3.63, 3.8) is 0 Å². The van der Waals surface area contributed by atoms with E-state index in [0.29, 0.717) is 25.2 Å². The van der Waals surface area contributed by atoms with Gasteiger partial charge in [-0.1, -0.05) is 18.6 Å². The average Bonchev–Trinajstić information content (AvgIpc) is 2.63. The number of carbonyl (C=O) groups excluding carboxylic acids is 2. The molecule has 3 N–H and O–H groups in total. The van der Waals surface area contributed by atoms with Gasteiger partial charge in [0.1, 0.15) is 11.6 Å². The van der Waals surface area contributed by atoms with Gasteiger partial charge in [0.2, 0.25) is 5.91 Å². The maximum absolute atomic E-state index is 13.5. The van der Waals surface area contributed by atoms with E-state index >= 15 is 0 Å². The Kier molecular flexibility index (Phi) is 6.93. The van der Waals surface area contributed by atoms with Crippen molar-refractivity contribution in [1.29, 1.82) is 0 Å². The number of nitrogens with two attached hydrogens (primary N) is 1. The van der Waals surface area contributed by atoms with Gasteiger partial charge in [-0.15, -0.1) is 0 Å². The maximum Gasteiger partial charge on any atom is 0.254 e. The molecule has 0 radical (unpaired) electrons. The van der Waals surface area contributed by atoms with Crippen LogP contribution in [-0.2, 0) is 11.3 Å². The van der Waals surface area contributed by atoms with Crippen LogP contribution in [0, 0.1) is 17.6 Å². The molecule has 1 fully saturated rings. The minimum atomic E-state index is -0.793. The molecule has 1 saturated carbocycles. The highest BCUT2D eigenvalue weighted by Gasteiger charge is 2.25. The van der Waals surface area contributed by atoms with E-state index in [0.717, 1.165) is 43.0 Å². The summed E-state index contributed by atoms with van der Waals surface area (Å²) in [5, 5.41) is 2.90. The van der Waals surface area contributed by atoms with Crippen molar-refractivity contribution in [1.82, 2.24) is 4.90 Å². The Hall–Kier alpha value is -2.80. The van der Waals surface area contributed by atoms with E-state index in [9.17, 15) is 18.4 Å². The zero-order chi connectivity index (χ0) is 20.8. The van der Waals surface area contributed by atoms with Crippen LogP contribution in [0.3, 0.4) is 0 Å². The number of nitrogens with one attached hydrogen (secondary N) is 1. The standard InChI is InChI=1S/C22H25F2N3O2/c23-18-11-17(12-19(24)13-18)22(29)27(10-2-9-25)14-15-5-7-20(8-6-15)26-21(28)16-3-1-4-16/h5-8,11-13,16H,1-4,9-10,14,25H2,(H,26,28). The van der Waals surface area contributed by atoms with Crippen LogP contribution in [0.5, 0.6) is 0 Å². The summed E-state index contributed by atoms with van der Waals surface area (Å²) >= 11 is 0. The lowest BCUT2D eigenvalue weighted by molar-refractivity contribution is -0.122. The number of benzene rings is 2. The number of hydrogen-bond acceptors (Lipinski definition) is 3. The van der Waals surface area contributed by atoms with Crippen LogP contribution in [0.1, 0.15) is 41.6 Å². The quantitative estimate of drug-likeness (QED) is 0.708. The predicted molar refractivity (Wildman–Crippen MR) is 107 cm³/mol. The van der Waals surface area contributed by atoms with Crippen molar-refractivity contribution in [3.8, 4) is 0 Å².